The van der Waals surface area contributed by atoms with Gasteiger partial charge in [-0.3, -0.25) is 0 Å². The summed E-state index contributed by atoms with van der Waals surface area (Å²) < 4.78 is 35.4. The van der Waals surface area contributed by atoms with Crippen LogP contribution in [0.4, 0.5) is 8.78 Å². The molecule has 0 aliphatic heterocycles. The van der Waals surface area contributed by atoms with Crippen molar-refractivity contribution in [2.45, 2.75) is 0 Å². The maximum absolute atomic E-state index is 12.8. The Hall–Kier alpha value is -1.03. The molecule has 0 radical (unpaired) electrons. The first-order valence-corrected chi connectivity index (χ1v) is 4.44. The summed E-state index contributed by atoms with van der Waals surface area (Å²) >= 11 is 5.38. The molecule has 0 amide bonds. The Labute approximate surface area is 85.4 Å². The molecule has 0 aliphatic carbocycles. The van der Waals surface area contributed by atoms with Crippen LogP contribution in [0.25, 0.3) is 0 Å². The molecule has 1 aromatic rings. The first-order chi connectivity index (χ1) is 6.69. The van der Waals surface area contributed by atoms with Crippen molar-refractivity contribution in [2.24, 2.45) is 0 Å². The molecule has 0 N–H and O–H groups in total. The van der Waals surface area contributed by atoms with Crippen LogP contribution in [0.15, 0.2) is 12.1 Å². The standard InChI is InChI=1S/C9H9ClF2O2/c1-13-8-4-6(11)7(12)5-9(8)14-3-2-10/h4-5H,2-3H2,1H3. The minimum absolute atomic E-state index is 0.145. The van der Waals surface area contributed by atoms with Crippen molar-refractivity contribution in [3.05, 3.63) is 23.8 Å². The Morgan fingerprint density at radius 3 is 2.29 bits per heavy atom. The van der Waals surface area contributed by atoms with E-state index in [1.54, 1.807) is 0 Å². The van der Waals surface area contributed by atoms with Crippen LogP contribution in [-0.2, 0) is 0 Å². The highest BCUT2D eigenvalue weighted by molar-refractivity contribution is 6.18. The van der Waals surface area contributed by atoms with Crippen LogP contribution in [0, 0.1) is 11.6 Å². The largest absolute Gasteiger partial charge is 0.493 e. The van der Waals surface area contributed by atoms with Crippen LogP contribution in [0.1, 0.15) is 0 Å². The third-order valence-corrected chi connectivity index (χ3v) is 1.70. The molecular formula is C9H9ClF2O2. The molecule has 0 saturated carbocycles. The van der Waals surface area contributed by atoms with E-state index in [9.17, 15) is 8.78 Å². The number of alkyl halides is 1. The Morgan fingerprint density at radius 2 is 1.79 bits per heavy atom. The van der Waals surface area contributed by atoms with Gasteiger partial charge in [0.25, 0.3) is 0 Å². The van der Waals surface area contributed by atoms with Gasteiger partial charge in [0.05, 0.1) is 13.0 Å². The molecule has 0 aromatic heterocycles. The smallest absolute Gasteiger partial charge is 0.164 e. The van der Waals surface area contributed by atoms with Gasteiger partial charge in [-0.2, -0.15) is 0 Å². The van der Waals surface area contributed by atoms with Crippen LogP contribution >= 0.6 is 11.6 Å². The van der Waals surface area contributed by atoms with Gasteiger partial charge >= 0.3 is 0 Å². The van der Waals surface area contributed by atoms with E-state index >= 15 is 0 Å². The van der Waals surface area contributed by atoms with Crippen molar-refractivity contribution in [2.75, 3.05) is 19.6 Å². The summed E-state index contributed by atoms with van der Waals surface area (Å²) in [5, 5.41) is 0. The number of benzene rings is 1. The second-order valence-electron chi connectivity index (χ2n) is 2.45. The van der Waals surface area contributed by atoms with Crippen molar-refractivity contribution in [3.63, 3.8) is 0 Å². The van der Waals surface area contributed by atoms with Crippen molar-refractivity contribution in [1.29, 1.82) is 0 Å². The summed E-state index contributed by atoms with van der Waals surface area (Å²) in [5.74, 6) is -1.39. The van der Waals surface area contributed by atoms with Gasteiger partial charge in [0.1, 0.15) is 6.61 Å². The van der Waals surface area contributed by atoms with Crippen molar-refractivity contribution >= 4 is 11.6 Å². The predicted octanol–water partition coefficient (Wildman–Crippen LogP) is 2.59. The topological polar surface area (TPSA) is 18.5 Å². The van der Waals surface area contributed by atoms with Crippen LogP contribution in [0.5, 0.6) is 11.5 Å². The van der Waals surface area contributed by atoms with Crippen LogP contribution in [0.3, 0.4) is 0 Å². The van der Waals surface area contributed by atoms with E-state index in [1.807, 2.05) is 0 Å². The Kier molecular flexibility index (Phi) is 3.95. The molecule has 0 unspecified atom stereocenters. The molecule has 2 nitrogen and oxygen atoms in total. The number of halogens is 3. The van der Waals surface area contributed by atoms with E-state index < -0.39 is 11.6 Å². The normalized spacial score (nSPS) is 10.0. The second kappa shape index (κ2) is 5.00. The number of rotatable bonds is 4. The van der Waals surface area contributed by atoms with Gasteiger partial charge in [0.15, 0.2) is 23.1 Å². The predicted molar refractivity (Wildman–Crippen MR) is 49.1 cm³/mol. The van der Waals surface area contributed by atoms with Crippen molar-refractivity contribution < 1.29 is 18.3 Å². The zero-order valence-electron chi connectivity index (χ0n) is 7.52. The molecule has 5 heteroatoms. The average molecular weight is 223 g/mol. The average Bonchev–Trinajstić information content (AvgIpc) is 2.19. The van der Waals surface area contributed by atoms with E-state index in [2.05, 4.69) is 0 Å². The van der Waals surface area contributed by atoms with Crippen molar-refractivity contribution in [3.8, 4) is 11.5 Å². The molecule has 0 spiro atoms. The first-order valence-electron chi connectivity index (χ1n) is 3.91. The van der Waals surface area contributed by atoms with E-state index in [1.165, 1.54) is 7.11 Å². The molecule has 1 rings (SSSR count). The molecule has 0 saturated heterocycles. The summed E-state index contributed by atoms with van der Waals surface area (Å²) in [4.78, 5) is 0. The fourth-order valence-corrected chi connectivity index (χ4v) is 1.01. The van der Waals surface area contributed by atoms with Gasteiger partial charge in [0, 0.05) is 12.1 Å². The zero-order chi connectivity index (χ0) is 10.6. The van der Waals surface area contributed by atoms with E-state index in [4.69, 9.17) is 21.1 Å². The zero-order valence-corrected chi connectivity index (χ0v) is 8.28. The Balaban J connectivity index is 2.95. The quantitative estimate of drug-likeness (QED) is 0.729. The van der Waals surface area contributed by atoms with Gasteiger partial charge in [-0.25, -0.2) is 8.78 Å². The van der Waals surface area contributed by atoms with Crippen LogP contribution in [-0.4, -0.2) is 19.6 Å². The Morgan fingerprint density at radius 1 is 1.21 bits per heavy atom. The number of ether oxygens (including phenoxy) is 2. The van der Waals surface area contributed by atoms with E-state index in [0.717, 1.165) is 12.1 Å². The second-order valence-corrected chi connectivity index (χ2v) is 2.83. The summed E-state index contributed by atoms with van der Waals surface area (Å²) in [6.45, 7) is 0.211. The molecule has 0 aliphatic rings. The fraction of sp³-hybridized carbons (Fsp3) is 0.333. The lowest BCUT2D eigenvalue weighted by atomic mass is 10.3. The highest BCUT2D eigenvalue weighted by Crippen LogP contribution is 2.29. The van der Waals surface area contributed by atoms with E-state index in [-0.39, 0.29) is 24.0 Å². The van der Waals surface area contributed by atoms with Gasteiger partial charge in [0.2, 0.25) is 0 Å². The lowest BCUT2D eigenvalue weighted by Gasteiger charge is -2.09. The minimum Gasteiger partial charge on any atom is -0.493 e. The van der Waals surface area contributed by atoms with Crippen molar-refractivity contribution in [1.82, 2.24) is 0 Å². The molecular weight excluding hydrogens is 214 g/mol. The summed E-state index contributed by atoms with van der Waals surface area (Å²) in [5.41, 5.74) is 0. The molecule has 0 atom stereocenters. The maximum Gasteiger partial charge on any atom is 0.164 e. The number of methoxy groups -OCH3 is 1. The number of hydrogen-bond acceptors (Lipinski definition) is 2. The SMILES string of the molecule is COc1cc(F)c(F)cc1OCCCl. The Bertz CT molecular complexity index is 318. The monoisotopic (exact) mass is 222 g/mol. The molecule has 0 heterocycles. The molecule has 1 aromatic carbocycles. The van der Waals surface area contributed by atoms with Crippen LogP contribution in [0.2, 0.25) is 0 Å². The van der Waals surface area contributed by atoms with E-state index in [0.29, 0.717) is 0 Å². The third-order valence-electron chi connectivity index (χ3n) is 1.54. The highest BCUT2D eigenvalue weighted by atomic mass is 35.5. The molecule has 78 valence electrons. The van der Waals surface area contributed by atoms with Crippen LogP contribution < -0.4 is 9.47 Å². The molecule has 0 fully saturated rings. The summed E-state index contributed by atoms with van der Waals surface area (Å²) in [7, 11) is 1.35. The third kappa shape index (κ3) is 2.48. The lowest BCUT2D eigenvalue weighted by molar-refractivity contribution is 0.307. The summed E-state index contributed by atoms with van der Waals surface area (Å²) in [6, 6.07) is 1.86. The van der Waals surface area contributed by atoms with Gasteiger partial charge in [-0.05, 0) is 0 Å². The fourth-order valence-electron chi connectivity index (χ4n) is 0.931. The summed E-state index contributed by atoms with van der Waals surface area (Å²) in [6.07, 6.45) is 0. The lowest BCUT2D eigenvalue weighted by Crippen LogP contribution is -2.01. The van der Waals surface area contributed by atoms with Gasteiger partial charge in [-0.15, -0.1) is 11.6 Å². The van der Waals surface area contributed by atoms with Gasteiger partial charge in [-0.1, -0.05) is 0 Å². The number of hydrogen-bond donors (Lipinski definition) is 0. The minimum atomic E-state index is -0.977. The molecule has 14 heavy (non-hydrogen) atoms. The first kappa shape index (κ1) is 11.0. The molecule has 0 bridgehead atoms. The highest BCUT2D eigenvalue weighted by Gasteiger charge is 2.10. The maximum atomic E-state index is 12.8. The van der Waals surface area contributed by atoms with Gasteiger partial charge < -0.3 is 9.47 Å².